The number of aromatic nitrogens is 1. The first-order valence-corrected chi connectivity index (χ1v) is 13.6. The molecule has 0 aliphatic rings. The van der Waals surface area contributed by atoms with Crippen molar-refractivity contribution in [2.45, 2.75) is 70.9 Å². The van der Waals surface area contributed by atoms with Crippen LogP contribution >= 0.6 is 0 Å². The van der Waals surface area contributed by atoms with E-state index in [1.54, 1.807) is 65.8 Å². The normalized spacial score (nSPS) is 13.0. The predicted molar refractivity (Wildman–Crippen MR) is 145 cm³/mol. The van der Waals surface area contributed by atoms with Gasteiger partial charge in [0.15, 0.2) is 0 Å². The van der Waals surface area contributed by atoms with Gasteiger partial charge in [-0.15, -0.1) is 0 Å². The highest BCUT2D eigenvalue weighted by molar-refractivity contribution is 7.90. The molecule has 0 saturated heterocycles. The molecule has 4 N–H and O–H groups in total. The molecule has 0 aliphatic carbocycles. The minimum Gasteiger partial charge on any atom is -0.496 e. The van der Waals surface area contributed by atoms with Crippen molar-refractivity contribution in [3.8, 4) is 5.75 Å². The number of Topliss-reactive ketones (excluding diaryl/α,β-unsaturated/α-hetero) is 1. The van der Waals surface area contributed by atoms with Gasteiger partial charge in [0.05, 0.1) is 18.0 Å². The van der Waals surface area contributed by atoms with Crippen molar-refractivity contribution < 1.29 is 27.5 Å². The molecule has 38 heavy (non-hydrogen) atoms. The molecule has 2 rings (SSSR count). The van der Waals surface area contributed by atoms with Crippen LogP contribution in [0.3, 0.4) is 0 Å². The molecule has 1 aromatic heterocycles. The van der Waals surface area contributed by atoms with Gasteiger partial charge < -0.3 is 20.5 Å². The molecule has 1 aromatic carbocycles. The van der Waals surface area contributed by atoms with Crippen molar-refractivity contribution in [2.24, 2.45) is 10.7 Å². The lowest BCUT2D eigenvalue weighted by Gasteiger charge is -2.23. The van der Waals surface area contributed by atoms with E-state index >= 15 is 0 Å². The number of rotatable bonds is 10. The summed E-state index contributed by atoms with van der Waals surface area (Å²) in [4.78, 5) is 33.6. The van der Waals surface area contributed by atoms with Crippen molar-refractivity contribution in [2.75, 3.05) is 13.7 Å². The Morgan fingerprint density at radius 2 is 1.84 bits per heavy atom. The number of carbonyl (C=O) groups is 2. The number of carbonyl (C=O) groups excluding carboxylic acids is 2. The second-order valence-electron chi connectivity index (χ2n) is 9.77. The average molecular weight is 548 g/mol. The zero-order valence-corrected chi connectivity index (χ0v) is 23.7. The van der Waals surface area contributed by atoms with Crippen LogP contribution in [-0.2, 0) is 14.8 Å². The Hall–Kier alpha value is -3.67. The van der Waals surface area contributed by atoms with Crippen LogP contribution in [0.4, 0.5) is 4.79 Å². The highest BCUT2D eigenvalue weighted by atomic mass is 32.2. The number of guanidine groups is 1. The lowest BCUT2D eigenvalue weighted by Crippen LogP contribution is -2.43. The summed E-state index contributed by atoms with van der Waals surface area (Å²) in [6.07, 6.45) is 1.28. The summed E-state index contributed by atoms with van der Waals surface area (Å²) in [6, 6.07) is 5.65. The largest absolute Gasteiger partial charge is 0.496 e. The van der Waals surface area contributed by atoms with Gasteiger partial charge in [-0.2, -0.15) is 0 Å². The number of nitrogens with one attached hydrogen (secondary N) is 2. The van der Waals surface area contributed by atoms with Crippen molar-refractivity contribution >= 4 is 27.9 Å². The van der Waals surface area contributed by atoms with E-state index in [9.17, 15) is 18.0 Å². The molecule has 0 spiro atoms. The number of benzene rings is 1. The van der Waals surface area contributed by atoms with Crippen LogP contribution in [-0.4, -0.2) is 56.5 Å². The predicted octanol–water partition coefficient (Wildman–Crippen LogP) is 3.16. The molecule has 1 atom stereocenters. The van der Waals surface area contributed by atoms with Crippen LogP contribution in [0.1, 0.15) is 60.8 Å². The highest BCUT2D eigenvalue weighted by Crippen LogP contribution is 2.30. The molecule has 2 aromatic rings. The Bertz CT molecular complexity index is 1290. The number of sulfonamides is 1. The van der Waals surface area contributed by atoms with Crippen molar-refractivity contribution in [1.82, 2.24) is 15.0 Å². The molecule has 0 radical (unpaired) electrons. The Kier molecular flexibility index (Phi) is 10.2. The van der Waals surface area contributed by atoms with Crippen LogP contribution in [0.25, 0.3) is 0 Å². The number of nitrogens with two attached hydrogens (primary N) is 1. The first-order chi connectivity index (χ1) is 17.7. The molecule has 1 amide bonds. The number of amides is 1. The highest BCUT2D eigenvalue weighted by Gasteiger charge is 2.26. The average Bonchev–Trinajstić information content (AvgIpc) is 2.81. The molecular formula is C26H37N5O6S. The number of ketones is 1. The third kappa shape index (κ3) is 8.44. The molecule has 12 heteroatoms. The molecule has 0 unspecified atom stereocenters. The third-order valence-corrected chi connectivity index (χ3v) is 7.21. The fourth-order valence-electron chi connectivity index (χ4n) is 3.77. The van der Waals surface area contributed by atoms with Crippen LogP contribution in [0, 0.1) is 20.8 Å². The van der Waals surface area contributed by atoms with Gasteiger partial charge in [0.25, 0.3) is 10.0 Å². The van der Waals surface area contributed by atoms with Gasteiger partial charge in [-0.3, -0.25) is 14.8 Å². The number of pyridine rings is 1. The molecule has 0 aliphatic heterocycles. The van der Waals surface area contributed by atoms with Gasteiger partial charge in [-0.1, -0.05) is 6.07 Å². The maximum absolute atomic E-state index is 13.0. The number of methoxy groups -OCH3 is 1. The minimum absolute atomic E-state index is 0.107. The lowest BCUT2D eigenvalue weighted by molar-refractivity contribution is 0.0488. The van der Waals surface area contributed by atoms with Crippen molar-refractivity contribution in [1.29, 1.82) is 0 Å². The SMILES string of the molecule is COc1cc(C)c(S(=O)(=O)NC(N)=NCCC[C@@H](NC(=O)OC(C)(C)C)C(=O)c2ccccn2)c(C)c1C. The summed E-state index contributed by atoms with van der Waals surface area (Å²) in [5.41, 5.74) is 7.10. The molecule has 0 bridgehead atoms. The van der Waals surface area contributed by atoms with E-state index in [0.717, 1.165) is 0 Å². The Morgan fingerprint density at radius 1 is 1.16 bits per heavy atom. The number of aryl methyl sites for hydroxylation is 1. The fourth-order valence-corrected chi connectivity index (χ4v) is 5.25. The number of hydrogen-bond donors (Lipinski definition) is 3. The topological polar surface area (TPSA) is 162 Å². The van der Waals surface area contributed by atoms with Crippen molar-refractivity contribution in [3.05, 3.63) is 52.8 Å². The number of hydrogen-bond acceptors (Lipinski definition) is 8. The van der Waals surface area contributed by atoms with E-state index in [-0.39, 0.29) is 35.3 Å². The second kappa shape index (κ2) is 12.7. The standard InChI is InChI=1S/C26H37N5O6S/c1-16-15-21(36-7)17(2)18(3)23(16)38(34,35)31-24(27)29-14-10-12-20(30-25(33)37-26(4,5)6)22(32)19-11-8-9-13-28-19/h8-9,11,13,15,20H,10,12,14H2,1-7H3,(H,30,33)(H3,27,29,31)/t20-/m1/s1. The molecule has 208 valence electrons. The van der Waals surface area contributed by atoms with E-state index in [1.165, 1.54) is 13.3 Å². The quantitative estimate of drug-likeness (QED) is 0.177. The second-order valence-corrected chi connectivity index (χ2v) is 11.4. The Balaban J connectivity index is 2.10. The van der Waals surface area contributed by atoms with Crippen LogP contribution in [0.15, 0.2) is 40.4 Å². The van der Waals surface area contributed by atoms with Crippen LogP contribution in [0.5, 0.6) is 5.75 Å². The summed E-state index contributed by atoms with van der Waals surface area (Å²) in [6.45, 7) is 10.4. The van der Waals surface area contributed by atoms with E-state index in [1.807, 2.05) is 0 Å². The fraction of sp³-hybridized carbons (Fsp3) is 0.462. The number of alkyl carbamates (subject to hydrolysis) is 1. The number of nitrogens with zero attached hydrogens (tertiary/aromatic N) is 2. The monoisotopic (exact) mass is 547 g/mol. The van der Waals surface area contributed by atoms with Gasteiger partial charge in [-0.05, 0) is 89.3 Å². The summed E-state index contributed by atoms with van der Waals surface area (Å²) >= 11 is 0. The lowest BCUT2D eigenvalue weighted by atomic mass is 10.0. The molecule has 0 saturated carbocycles. The van der Waals surface area contributed by atoms with Gasteiger partial charge in [0, 0.05) is 12.7 Å². The van der Waals surface area contributed by atoms with Crippen LogP contribution in [0.2, 0.25) is 0 Å². The van der Waals surface area contributed by atoms with E-state index in [2.05, 4.69) is 20.0 Å². The third-order valence-electron chi connectivity index (χ3n) is 5.56. The first-order valence-electron chi connectivity index (χ1n) is 12.1. The Morgan fingerprint density at radius 3 is 2.42 bits per heavy atom. The summed E-state index contributed by atoms with van der Waals surface area (Å²) in [7, 11) is -2.48. The molecule has 0 fully saturated rings. The number of aliphatic imine (C=N–C) groups is 1. The van der Waals surface area contributed by atoms with Gasteiger partial charge in [0.1, 0.15) is 17.0 Å². The molecule has 1 heterocycles. The maximum Gasteiger partial charge on any atom is 0.408 e. The van der Waals surface area contributed by atoms with Gasteiger partial charge in [-0.25, -0.2) is 17.9 Å². The first kappa shape index (κ1) is 30.6. The van der Waals surface area contributed by atoms with Crippen molar-refractivity contribution in [3.63, 3.8) is 0 Å². The summed E-state index contributed by atoms with van der Waals surface area (Å²) < 4.78 is 39.0. The molecule has 11 nitrogen and oxygen atoms in total. The van der Waals surface area contributed by atoms with E-state index in [0.29, 0.717) is 28.9 Å². The smallest absolute Gasteiger partial charge is 0.408 e. The minimum atomic E-state index is -4.00. The maximum atomic E-state index is 13.0. The zero-order chi connectivity index (χ0) is 28.7. The number of ether oxygens (including phenoxy) is 2. The van der Waals surface area contributed by atoms with E-state index < -0.39 is 27.8 Å². The van der Waals surface area contributed by atoms with Crippen LogP contribution < -0.4 is 20.5 Å². The van der Waals surface area contributed by atoms with Gasteiger partial charge >= 0.3 is 6.09 Å². The summed E-state index contributed by atoms with van der Waals surface area (Å²) in [5.74, 6) is -0.0738. The van der Waals surface area contributed by atoms with E-state index in [4.69, 9.17) is 15.2 Å². The van der Waals surface area contributed by atoms with Gasteiger partial charge in [0.2, 0.25) is 11.7 Å². The zero-order valence-electron chi connectivity index (χ0n) is 22.9. The summed E-state index contributed by atoms with van der Waals surface area (Å²) in [5, 5.41) is 2.59. The molecular weight excluding hydrogens is 510 g/mol. The Labute approximate surface area is 224 Å².